The van der Waals surface area contributed by atoms with Crippen LogP contribution in [0.25, 0.3) is 0 Å². The summed E-state index contributed by atoms with van der Waals surface area (Å²) in [6.45, 7) is 5.87. The van der Waals surface area contributed by atoms with Gasteiger partial charge in [-0.15, -0.1) is 0 Å². The summed E-state index contributed by atoms with van der Waals surface area (Å²) in [5, 5.41) is 6.12. The summed E-state index contributed by atoms with van der Waals surface area (Å²) in [4.78, 5) is 12.7. The predicted molar refractivity (Wildman–Crippen MR) is 111 cm³/mol. The van der Waals surface area contributed by atoms with E-state index in [1.165, 1.54) is 17.7 Å². The van der Waals surface area contributed by atoms with Gasteiger partial charge in [0.25, 0.3) is 15.9 Å². The first-order valence-corrected chi connectivity index (χ1v) is 10.7. The summed E-state index contributed by atoms with van der Waals surface area (Å²) in [7, 11) is -3.79. The third-order valence-electron chi connectivity index (χ3n) is 4.67. The fraction of sp³-hybridized carbons (Fsp3) is 0.286. The van der Waals surface area contributed by atoms with Crippen molar-refractivity contribution in [2.24, 2.45) is 0 Å². The largest absolute Gasteiger partial charge is 0.348 e. The van der Waals surface area contributed by atoms with Gasteiger partial charge in [0.05, 0.1) is 4.90 Å². The SMILES string of the molecule is Cc1cccc(NS(=O)(=O)c2ccc(C)c(C(=O)NCC3=CCNCC3)c2)c1. The van der Waals surface area contributed by atoms with Gasteiger partial charge in [-0.05, 0) is 62.2 Å². The summed E-state index contributed by atoms with van der Waals surface area (Å²) >= 11 is 0. The molecule has 3 N–H and O–H groups in total. The Morgan fingerprint density at radius 2 is 1.96 bits per heavy atom. The van der Waals surface area contributed by atoms with Crippen LogP contribution in [0.3, 0.4) is 0 Å². The molecule has 148 valence electrons. The first kappa shape index (κ1) is 20.1. The first-order valence-electron chi connectivity index (χ1n) is 9.22. The van der Waals surface area contributed by atoms with Crippen molar-refractivity contribution in [2.45, 2.75) is 25.2 Å². The molecule has 1 aliphatic rings. The van der Waals surface area contributed by atoms with Crippen molar-refractivity contribution in [3.63, 3.8) is 0 Å². The monoisotopic (exact) mass is 399 g/mol. The Balaban J connectivity index is 1.78. The molecule has 0 aromatic heterocycles. The highest BCUT2D eigenvalue weighted by atomic mass is 32.2. The molecule has 0 saturated heterocycles. The molecule has 7 heteroatoms. The van der Waals surface area contributed by atoms with Crippen LogP contribution < -0.4 is 15.4 Å². The Morgan fingerprint density at radius 1 is 1.14 bits per heavy atom. The first-order chi connectivity index (χ1) is 13.3. The minimum absolute atomic E-state index is 0.0610. The second kappa shape index (κ2) is 8.58. The summed E-state index contributed by atoms with van der Waals surface area (Å²) in [5.41, 5.74) is 3.71. The number of nitrogens with one attached hydrogen (secondary N) is 3. The summed E-state index contributed by atoms with van der Waals surface area (Å²) in [6, 6.07) is 11.7. The van der Waals surface area contributed by atoms with Crippen LogP contribution in [0.2, 0.25) is 0 Å². The lowest BCUT2D eigenvalue weighted by molar-refractivity contribution is 0.0956. The molecule has 1 amide bonds. The van der Waals surface area contributed by atoms with E-state index in [4.69, 9.17) is 0 Å². The van der Waals surface area contributed by atoms with Crippen LogP contribution in [0.4, 0.5) is 5.69 Å². The maximum atomic E-state index is 12.7. The number of amides is 1. The Morgan fingerprint density at radius 3 is 2.68 bits per heavy atom. The molecule has 0 unspecified atom stereocenters. The number of sulfonamides is 1. The summed E-state index contributed by atoms with van der Waals surface area (Å²) in [6.07, 6.45) is 2.97. The van der Waals surface area contributed by atoms with Crippen molar-refractivity contribution in [2.75, 3.05) is 24.4 Å². The van der Waals surface area contributed by atoms with Crippen LogP contribution in [0.5, 0.6) is 0 Å². The third kappa shape index (κ3) is 4.99. The molecule has 0 radical (unpaired) electrons. The fourth-order valence-corrected chi connectivity index (χ4v) is 4.13. The Labute approximate surface area is 166 Å². The number of carbonyl (C=O) groups is 1. The Bertz CT molecular complexity index is 1010. The highest BCUT2D eigenvalue weighted by molar-refractivity contribution is 7.92. The van der Waals surface area contributed by atoms with Crippen LogP contribution >= 0.6 is 0 Å². The van der Waals surface area contributed by atoms with Crippen molar-refractivity contribution in [3.05, 3.63) is 70.8 Å². The molecule has 6 nitrogen and oxygen atoms in total. The molecule has 1 aliphatic heterocycles. The van der Waals surface area contributed by atoms with Gasteiger partial charge in [-0.2, -0.15) is 0 Å². The predicted octanol–water partition coefficient (Wildman–Crippen LogP) is 2.75. The van der Waals surface area contributed by atoms with Gasteiger partial charge in [-0.3, -0.25) is 9.52 Å². The fourth-order valence-electron chi connectivity index (χ4n) is 3.05. The Hall–Kier alpha value is -2.64. The topological polar surface area (TPSA) is 87.3 Å². The molecule has 2 aromatic rings. The van der Waals surface area contributed by atoms with E-state index in [0.29, 0.717) is 17.8 Å². The van der Waals surface area contributed by atoms with Crippen molar-refractivity contribution in [1.82, 2.24) is 10.6 Å². The third-order valence-corrected chi connectivity index (χ3v) is 6.05. The van der Waals surface area contributed by atoms with E-state index >= 15 is 0 Å². The van der Waals surface area contributed by atoms with Gasteiger partial charge in [0, 0.05) is 24.3 Å². The van der Waals surface area contributed by atoms with E-state index in [1.807, 2.05) is 13.0 Å². The van der Waals surface area contributed by atoms with Crippen LogP contribution in [0.1, 0.15) is 27.9 Å². The lowest BCUT2D eigenvalue weighted by atomic mass is 10.1. The normalized spacial score (nSPS) is 14.3. The molecule has 0 bridgehead atoms. The van der Waals surface area contributed by atoms with E-state index in [9.17, 15) is 13.2 Å². The molecule has 0 fully saturated rings. The van der Waals surface area contributed by atoms with E-state index in [2.05, 4.69) is 21.4 Å². The lowest BCUT2D eigenvalue weighted by Gasteiger charge is -2.15. The van der Waals surface area contributed by atoms with Gasteiger partial charge in [-0.25, -0.2) is 8.42 Å². The lowest BCUT2D eigenvalue weighted by Crippen LogP contribution is -2.30. The number of aryl methyl sites for hydroxylation is 2. The molecule has 1 heterocycles. The maximum Gasteiger partial charge on any atom is 0.261 e. The zero-order chi connectivity index (χ0) is 20.1. The van der Waals surface area contributed by atoms with Gasteiger partial charge in [-0.1, -0.05) is 29.8 Å². The molecule has 0 atom stereocenters. The number of anilines is 1. The van der Waals surface area contributed by atoms with Crippen LogP contribution in [-0.4, -0.2) is 34.0 Å². The van der Waals surface area contributed by atoms with Crippen LogP contribution in [0, 0.1) is 13.8 Å². The van der Waals surface area contributed by atoms with Crippen molar-refractivity contribution in [3.8, 4) is 0 Å². The minimum Gasteiger partial charge on any atom is -0.348 e. The highest BCUT2D eigenvalue weighted by Crippen LogP contribution is 2.20. The quantitative estimate of drug-likeness (QED) is 0.652. The second-order valence-electron chi connectivity index (χ2n) is 6.95. The number of benzene rings is 2. The van der Waals surface area contributed by atoms with Crippen LogP contribution in [-0.2, 0) is 10.0 Å². The molecule has 0 saturated carbocycles. The molecule has 0 aliphatic carbocycles. The van der Waals surface area contributed by atoms with E-state index in [1.54, 1.807) is 31.2 Å². The van der Waals surface area contributed by atoms with Gasteiger partial charge in [0.15, 0.2) is 0 Å². The van der Waals surface area contributed by atoms with Crippen molar-refractivity contribution >= 4 is 21.6 Å². The van der Waals surface area contributed by atoms with Crippen molar-refractivity contribution < 1.29 is 13.2 Å². The van der Waals surface area contributed by atoms with Crippen molar-refractivity contribution in [1.29, 1.82) is 0 Å². The molecule has 2 aromatic carbocycles. The van der Waals surface area contributed by atoms with Gasteiger partial charge in [0.2, 0.25) is 0 Å². The Kier molecular flexibility index (Phi) is 6.16. The van der Waals surface area contributed by atoms with Crippen LogP contribution in [0.15, 0.2) is 59.0 Å². The molecular weight excluding hydrogens is 374 g/mol. The average Bonchev–Trinajstić information content (AvgIpc) is 2.67. The van der Waals surface area contributed by atoms with E-state index in [-0.39, 0.29) is 10.8 Å². The summed E-state index contributed by atoms with van der Waals surface area (Å²) in [5.74, 6) is -0.274. The summed E-state index contributed by atoms with van der Waals surface area (Å²) < 4.78 is 28.1. The van der Waals surface area contributed by atoms with Gasteiger partial charge in [0.1, 0.15) is 0 Å². The molecular formula is C21H25N3O3S. The number of hydrogen-bond donors (Lipinski definition) is 3. The highest BCUT2D eigenvalue weighted by Gasteiger charge is 2.18. The maximum absolute atomic E-state index is 12.7. The smallest absolute Gasteiger partial charge is 0.261 e. The second-order valence-corrected chi connectivity index (χ2v) is 8.63. The standard InChI is InChI=1S/C21H25N3O3S/c1-15-4-3-5-18(12-15)24-28(26,27)19-7-6-16(2)20(13-19)21(25)23-14-17-8-10-22-11-9-17/h3-8,12-13,22,24H,9-11,14H2,1-2H3,(H,23,25). The van der Waals surface area contributed by atoms with E-state index in [0.717, 1.165) is 30.6 Å². The molecule has 28 heavy (non-hydrogen) atoms. The van der Waals surface area contributed by atoms with E-state index < -0.39 is 10.0 Å². The average molecular weight is 400 g/mol. The number of hydrogen-bond acceptors (Lipinski definition) is 4. The minimum atomic E-state index is -3.79. The zero-order valence-electron chi connectivity index (χ0n) is 16.1. The molecule has 0 spiro atoms. The number of rotatable bonds is 6. The zero-order valence-corrected chi connectivity index (χ0v) is 16.9. The van der Waals surface area contributed by atoms with Gasteiger partial charge < -0.3 is 10.6 Å². The number of carbonyl (C=O) groups excluding carboxylic acids is 1. The molecule has 3 rings (SSSR count). The van der Waals surface area contributed by atoms with Gasteiger partial charge >= 0.3 is 0 Å².